The molecular weight excluding hydrogens is 298 g/mol. The summed E-state index contributed by atoms with van der Waals surface area (Å²) in [5.41, 5.74) is 0.973. The van der Waals surface area contributed by atoms with Gasteiger partial charge in [-0.25, -0.2) is 0 Å². The number of aromatic nitrogens is 2. The van der Waals surface area contributed by atoms with Crippen molar-refractivity contribution in [3.8, 4) is 0 Å². The van der Waals surface area contributed by atoms with Crippen LogP contribution in [0, 0.1) is 0 Å². The molecule has 1 amide bonds. The molecule has 0 atom stereocenters. The largest absolute Gasteiger partial charge is 0.376 e. The molecule has 116 valence electrons. The van der Waals surface area contributed by atoms with E-state index in [9.17, 15) is 4.79 Å². The Balaban J connectivity index is 1.70. The molecule has 7 heteroatoms. The number of hydrogen-bond donors (Lipinski definition) is 2. The van der Waals surface area contributed by atoms with Gasteiger partial charge in [0.2, 0.25) is 5.91 Å². The molecule has 22 heavy (non-hydrogen) atoms. The van der Waals surface area contributed by atoms with Crippen LogP contribution in [0.5, 0.6) is 0 Å². The summed E-state index contributed by atoms with van der Waals surface area (Å²) < 4.78 is 0. The zero-order chi connectivity index (χ0) is 15.8. The van der Waals surface area contributed by atoms with Crippen molar-refractivity contribution in [3.63, 3.8) is 0 Å². The third kappa shape index (κ3) is 5.17. The molecule has 0 radical (unpaired) electrons. The average molecular weight is 317 g/mol. The molecule has 2 rings (SSSR count). The molecule has 0 spiro atoms. The molecule has 0 aromatic carbocycles. The first-order chi connectivity index (χ1) is 10.6. The molecule has 2 heterocycles. The molecule has 0 saturated carbocycles. The maximum absolute atomic E-state index is 11.6. The van der Waals surface area contributed by atoms with Crippen molar-refractivity contribution in [2.75, 3.05) is 37.4 Å². The maximum atomic E-state index is 11.6. The lowest BCUT2D eigenvalue weighted by atomic mass is 10.4. The number of hydrogen-bond acceptors (Lipinski definition) is 6. The topological polar surface area (TPSA) is 70.2 Å². The van der Waals surface area contributed by atoms with E-state index in [4.69, 9.17) is 0 Å². The van der Waals surface area contributed by atoms with Crippen molar-refractivity contribution in [2.24, 2.45) is 0 Å². The van der Waals surface area contributed by atoms with Gasteiger partial charge in [0.15, 0.2) is 5.82 Å². The summed E-state index contributed by atoms with van der Waals surface area (Å²) in [6.07, 6.45) is 5.04. The quantitative estimate of drug-likeness (QED) is 0.602. The molecule has 2 N–H and O–H groups in total. The van der Waals surface area contributed by atoms with Crippen molar-refractivity contribution in [2.45, 2.75) is 0 Å². The number of amides is 1. The van der Waals surface area contributed by atoms with E-state index >= 15 is 0 Å². The summed E-state index contributed by atoms with van der Waals surface area (Å²) in [4.78, 5) is 14.7. The summed E-state index contributed by atoms with van der Waals surface area (Å²) >= 11 is 1.60. The first kappa shape index (κ1) is 16.0. The van der Waals surface area contributed by atoms with Gasteiger partial charge in [-0.3, -0.25) is 4.79 Å². The number of carbonyl (C=O) groups is 1. The number of nitrogens with zero attached hydrogens (tertiary/aromatic N) is 3. The van der Waals surface area contributed by atoms with Gasteiger partial charge >= 0.3 is 0 Å². The predicted molar refractivity (Wildman–Crippen MR) is 91.2 cm³/mol. The van der Waals surface area contributed by atoms with E-state index in [1.54, 1.807) is 23.6 Å². The fraction of sp³-hybridized carbons (Fsp3) is 0.267. The van der Waals surface area contributed by atoms with Crippen LogP contribution < -0.4 is 15.5 Å². The van der Waals surface area contributed by atoms with Crippen molar-refractivity contribution in [1.82, 2.24) is 15.5 Å². The standard InChI is InChI=1S/C15H19N5OS/c1-20(2)12-10-14(19-18-11-12)16-7-8-17-15(21)6-5-13-4-3-9-22-13/h3-6,9-11H,7-8H2,1-2H3,(H,16,19)(H,17,21)/b6-5+. The summed E-state index contributed by atoms with van der Waals surface area (Å²) in [6.45, 7) is 1.10. The van der Waals surface area contributed by atoms with Gasteiger partial charge in [0, 0.05) is 44.2 Å². The molecule has 0 aliphatic rings. The Morgan fingerprint density at radius 1 is 1.41 bits per heavy atom. The summed E-state index contributed by atoms with van der Waals surface area (Å²) in [6, 6.07) is 5.83. The van der Waals surface area contributed by atoms with E-state index < -0.39 is 0 Å². The fourth-order valence-electron chi connectivity index (χ4n) is 1.67. The van der Waals surface area contributed by atoms with Crippen LogP contribution in [0.15, 0.2) is 35.9 Å². The van der Waals surface area contributed by atoms with Crippen LogP contribution in [-0.2, 0) is 4.79 Å². The van der Waals surface area contributed by atoms with Crippen LogP contribution >= 0.6 is 11.3 Å². The Morgan fingerprint density at radius 2 is 2.27 bits per heavy atom. The molecular formula is C15H19N5OS. The third-order valence-electron chi connectivity index (χ3n) is 2.83. The van der Waals surface area contributed by atoms with Crippen LogP contribution in [0.4, 0.5) is 11.5 Å². The van der Waals surface area contributed by atoms with E-state index in [1.165, 1.54) is 6.08 Å². The lowest BCUT2D eigenvalue weighted by Crippen LogP contribution is -2.27. The third-order valence-corrected chi connectivity index (χ3v) is 3.67. The average Bonchev–Trinajstić information content (AvgIpc) is 3.03. The number of rotatable bonds is 7. The van der Waals surface area contributed by atoms with Crippen LogP contribution in [0.25, 0.3) is 6.08 Å². The SMILES string of the molecule is CN(C)c1cnnc(NCCNC(=O)/C=C/c2cccs2)c1. The van der Waals surface area contributed by atoms with Gasteiger partial charge in [-0.05, 0) is 17.5 Å². The Labute approximate surface area is 133 Å². The molecule has 0 aliphatic carbocycles. The van der Waals surface area contributed by atoms with E-state index in [1.807, 2.05) is 42.6 Å². The molecule has 0 bridgehead atoms. The van der Waals surface area contributed by atoms with Gasteiger partial charge in [0.05, 0.1) is 11.9 Å². The Kier molecular flexibility index (Phi) is 5.91. The second-order valence-electron chi connectivity index (χ2n) is 4.76. The zero-order valence-electron chi connectivity index (χ0n) is 12.6. The van der Waals surface area contributed by atoms with Gasteiger partial charge in [0.1, 0.15) is 0 Å². The molecule has 6 nitrogen and oxygen atoms in total. The smallest absolute Gasteiger partial charge is 0.244 e. The highest BCUT2D eigenvalue weighted by Crippen LogP contribution is 2.12. The van der Waals surface area contributed by atoms with E-state index in [2.05, 4.69) is 20.8 Å². The van der Waals surface area contributed by atoms with Crippen molar-refractivity contribution < 1.29 is 4.79 Å². The van der Waals surface area contributed by atoms with Gasteiger partial charge in [-0.15, -0.1) is 16.4 Å². The van der Waals surface area contributed by atoms with Crippen LogP contribution in [0.1, 0.15) is 4.88 Å². The first-order valence-electron chi connectivity index (χ1n) is 6.88. The van der Waals surface area contributed by atoms with Gasteiger partial charge in [-0.2, -0.15) is 5.10 Å². The summed E-state index contributed by atoms with van der Waals surface area (Å²) in [5.74, 6) is 0.581. The normalized spacial score (nSPS) is 10.6. The highest BCUT2D eigenvalue weighted by Gasteiger charge is 2.00. The minimum Gasteiger partial charge on any atom is -0.376 e. The Morgan fingerprint density at radius 3 is 3.00 bits per heavy atom. The Hall–Kier alpha value is -2.41. The molecule has 0 aliphatic heterocycles. The zero-order valence-corrected chi connectivity index (χ0v) is 13.4. The predicted octanol–water partition coefficient (Wildman–Crippen LogP) is 1.85. The molecule has 2 aromatic rings. The van der Waals surface area contributed by atoms with Crippen molar-refractivity contribution >= 4 is 34.8 Å². The number of carbonyl (C=O) groups excluding carboxylic acids is 1. The van der Waals surface area contributed by atoms with Crippen LogP contribution in [-0.4, -0.2) is 43.3 Å². The van der Waals surface area contributed by atoms with Crippen molar-refractivity contribution in [1.29, 1.82) is 0 Å². The number of nitrogens with one attached hydrogen (secondary N) is 2. The van der Waals surface area contributed by atoms with Gasteiger partial charge in [0.25, 0.3) is 0 Å². The lowest BCUT2D eigenvalue weighted by Gasteiger charge is -2.12. The monoisotopic (exact) mass is 317 g/mol. The fourth-order valence-corrected chi connectivity index (χ4v) is 2.28. The van der Waals surface area contributed by atoms with Crippen molar-refractivity contribution in [3.05, 3.63) is 40.7 Å². The molecule has 0 unspecified atom stereocenters. The summed E-state index contributed by atoms with van der Waals surface area (Å²) in [5, 5.41) is 15.8. The minimum atomic E-state index is -0.108. The molecule has 0 saturated heterocycles. The second kappa shape index (κ2) is 8.14. The number of anilines is 2. The van der Waals surface area contributed by atoms with Gasteiger partial charge in [-0.1, -0.05) is 6.07 Å². The van der Waals surface area contributed by atoms with Crippen LogP contribution in [0.2, 0.25) is 0 Å². The summed E-state index contributed by atoms with van der Waals surface area (Å²) in [7, 11) is 3.89. The van der Waals surface area contributed by atoms with E-state index in [0.717, 1.165) is 10.6 Å². The highest BCUT2D eigenvalue weighted by molar-refractivity contribution is 7.10. The minimum absolute atomic E-state index is 0.108. The van der Waals surface area contributed by atoms with E-state index in [-0.39, 0.29) is 5.91 Å². The molecule has 2 aromatic heterocycles. The highest BCUT2D eigenvalue weighted by atomic mass is 32.1. The molecule has 0 fully saturated rings. The second-order valence-corrected chi connectivity index (χ2v) is 5.74. The lowest BCUT2D eigenvalue weighted by molar-refractivity contribution is -0.116. The van der Waals surface area contributed by atoms with E-state index in [0.29, 0.717) is 18.9 Å². The maximum Gasteiger partial charge on any atom is 0.244 e. The number of thiophene rings is 1. The Bertz CT molecular complexity index is 625. The van der Waals surface area contributed by atoms with Crippen LogP contribution in [0.3, 0.4) is 0 Å². The first-order valence-corrected chi connectivity index (χ1v) is 7.76. The van der Waals surface area contributed by atoms with Gasteiger partial charge < -0.3 is 15.5 Å².